The summed E-state index contributed by atoms with van der Waals surface area (Å²) in [5, 5.41) is 0. The van der Waals surface area contributed by atoms with Gasteiger partial charge in [0.1, 0.15) is 5.75 Å². The highest BCUT2D eigenvalue weighted by Crippen LogP contribution is 2.26. The molecule has 32 heavy (non-hydrogen) atoms. The van der Waals surface area contributed by atoms with Crippen molar-refractivity contribution in [1.82, 2.24) is 4.90 Å². The second kappa shape index (κ2) is 9.65. The lowest BCUT2D eigenvalue weighted by Gasteiger charge is -2.29. The molecule has 1 aliphatic heterocycles. The molecule has 6 heteroatoms. The van der Waals surface area contributed by atoms with Crippen molar-refractivity contribution in [2.75, 3.05) is 18.1 Å². The summed E-state index contributed by atoms with van der Waals surface area (Å²) in [6.45, 7) is 11.7. The Morgan fingerprint density at radius 1 is 1.06 bits per heavy atom. The Hall–Kier alpha value is -2.34. The largest absolute Gasteiger partial charge is 0.493 e. The Kier molecular flexibility index (Phi) is 7.33. The van der Waals surface area contributed by atoms with Crippen molar-refractivity contribution in [2.45, 2.75) is 59.0 Å². The number of amides is 1. The number of carbonyl (C=O) groups excluding carboxylic acids is 1. The van der Waals surface area contributed by atoms with Crippen LogP contribution in [0.15, 0.2) is 48.5 Å². The van der Waals surface area contributed by atoms with Crippen molar-refractivity contribution >= 4 is 15.7 Å². The summed E-state index contributed by atoms with van der Waals surface area (Å²) in [5.41, 5.74) is 2.80. The van der Waals surface area contributed by atoms with Gasteiger partial charge in [-0.05, 0) is 53.1 Å². The molecule has 5 nitrogen and oxygen atoms in total. The van der Waals surface area contributed by atoms with Gasteiger partial charge in [-0.25, -0.2) is 8.42 Å². The lowest BCUT2D eigenvalue weighted by molar-refractivity contribution is 0.0681. The number of hydrogen-bond acceptors (Lipinski definition) is 4. The number of rotatable bonds is 7. The van der Waals surface area contributed by atoms with Crippen molar-refractivity contribution < 1.29 is 17.9 Å². The number of hydrogen-bond donors (Lipinski definition) is 0. The fraction of sp³-hybridized carbons (Fsp3) is 0.500. The zero-order valence-corrected chi connectivity index (χ0v) is 20.6. The molecule has 0 spiro atoms. The molecule has 1 unspecified atom stereocenters. The maximum Gasteiger partial charge on any atom is 0.254 e. The summed E-state index contributed by atoms with van der Waals surface area (Å²) in [6, 6.07) is 15.1. The zero-order valence-electron chi connectivity index (χ0n) is 19.8. The van der Waals surface area contributed by atoms with E-state index in [4.69, 9.17) is 4.74 Å². The van der Waals surface area contributed by atoms with Gasteiger partial charge in [0, 0.05) is 18.2 Å². The van der Waals surface area contributed by atoms with Crippen molar-refractivity contribution in [3.63, 3.8) is 0 Å². The normalized spacial score (nSPS) is 18.0. The summed E-state index contributed by atoms with van der Waals surface area (Å²) in [4.78, 5) is 15.2. The van der Waals surface area contributed by atoms with Crippen molar-refractivity contribution in [1.29, 1.82) is 0 Å². The molecule has 1 aliphatic rings. The molecule has 1 saturated heterocycles. The molecule has 0 aromatic heterocycles. The Balaban J connectivity index is 1.82. The van der Waals surface area contributed by atoms with Crippen molar-refractivity contribution in [3.05, 3.63) is 65.2 Å². The fourth-order valence-corrected chi connectivity index (χ4v) is 5.55. The van der Waals surface area contributed by atoms with Gasteiger partial charge in [0.15, 0.2) is 9.84 Å². The minimum atomic E-state index is -3.11. The third-order valence-electron chi connectivity index (χ3n) is 5.77. The minimum Gasteiger partial charge on any atom is -0.493 e. The van der Waals surface area contributed by atoms with E-state index in [1.807, 2.05) is 12.1 Å². The first-order valence-electron chi connectivity index (χ1n) is 11.3. The second-order valence-electron chi connectivity index (χ2n) is 10.2. The van der Waals surface area contributed by atoms with Crippen LogP contribution in [-0.4, -0.2) is 43.4 Å². The average molecular weight is 458 g/mol. The monoisotopic (exact) mass is 457 g/mol. The third-order valence-corrected chi connectivity index (χ3v) is 7.52. The smallest absolute Gasteiger partial charge is 0.254 e. The van der Waals surface area contributed by atoms with E-state index in [2.05, 4.69) is 46.8 Å². The van der Waals surface area contributed by atoms with Gasteiger partial charge in [-0.1, -0.05) is 58.9 Å². The molecule has 0 radical (unpaired) electrons. The molecular weight excluding hydrogens is 422 g/mol. The Morgan fingerprint density at radius 3 is 2.19 bits per heavy atom. The van der Waals surface area contributed by atoms with Crippen LogP contribution in [0.4, 0.5) is 0 Å². The molecule has 1 atom stereocenters. The summed E-state index contributed by atoms with van der Waals surface area (Å²) in [7, 11) is -3.11. The maximum atomic E-state index is 13.4. The minimum absolute atomic E-state index is 0.0222. The molecule has 0 bridgehead atoms. The number of sulfone groups is 1. The highest BCUT2D eigenvalue weighted by molar-refractivity contribution is 7.91. The lowest BCUT2D eigenvalue weighted by atomic mass is 9.86. The molecule has 0 saturated carbocycles. The number of carbonyl (C=O) groups is 1. The number of nitrogens with zero attached hydrogens (tertiary/aromatic N) is 1. The van der Waals surface area contributed by atoms with Crippen LogP contribution in [0, 0.1) is 5.92 Å². The second-order valence-corrected chi connectivity index (χ2v) is 12.4. The van der Waals surface area contributed by atoms with Crippen LogP contribution in [0.25, 0.3) is 0 Å². The van der Waals surface area contributed by atoms with E-state index in [0.29, 0.717) is 31.1 Å². The average Bonchev–Trinajstić information content (AvgIpc) is 3.09. The Bertz CT molecular complexity index is 1020. The predicted octanol–water partition coefficient (Wildman–Crippen LogP) is 4.85. The molecule has 0 N–H and O–H groups in total. The first-order chi connectivity index (χ1) is 14.9. The van der Waals surface area contributed by atoms with Gasteiger partial charge < -0.3 is 9.64 Å². The topological polar surface area (TPSA) is 63.7 Å². The van der Waals surface area contributed by atoms with Gasteiger partial charge in [-0.2, -0.15) is 0 Å². The van der Waals surface area contributed by atoms with Crippen LogP contribution in [0.5, 0.6) is 5.75 Å². The van der Waals surface area contributed by atoms with Gasteiger partial charge >= 0.3 is 0 Å². The van der Waals surface area contributed by atoms with Gasteiger partial charge in [0.2, 0.25) is 0 Å². The van der Waals surface area contributed by atoms with Gasteiger partial charge in [-0.15, -0.1) is 0 Å². The molecule has 1 heterocycles. The van der Waals surface area contributed by atoms with E-state index in [1.165, 1.54) is 5.56 Å². The van der Waals surface area contributed by atoms with Gasteiger partial charge in [0.05, 0.1) is 18.1 Å². The van der Waals surface area contributed by atoms with Crippen LogP contribution in [0.1, 0.15) is 62.5 Å². The highest BCUT2D eigenvalue weighted by atomic mass is 32.2. The first-order valence-corrected chi connectivity index (χ1v) is 13.1. The van der Waals surface area contributed by atoms with Crippen LogP contribution in [0.3, 0.4) is 0 Å². The lowest BCUT2D eigenvalue weighted by Crippen LogP contribution is -2.40. The van der Waals surface area contributed by atoms with Crippen LogP contribution >= 0.6 is 0 Å². The van der Waals surface area contributed by atoms with Crippen molar-refractivity contribution in [3.8, 4) is 5.75 Å². The first kappa shape index (κ1) is 24.3. The SMILES string of the molecule is CC(C)COc1ccc(C(=O)N(Cc2ccc(C(C)(C)C)cc2)C2CCS(=O)(=O)C2)cc1. The van der Waals surface area contributed by atoms with E-state index < -0.39 is 9.84 Å². The molecular formula is C26H35NO4S. The van der Waals surface area contributed by atoms with E-state index in [9.17, 15) is 13.2 Å². The maximum absolute atomic E-state index is 13.4. The van der Waals surface area contributed by atoms with Crippen LogP contribution in [-0.2, 0) is 21.8 Å². The van der Waals surface area contributed by atoms with Crippen LogP contribution in [0.2, 0.25) is 0 Å². The summed E-state index contributed by atoms with van der Waals surface area (Å²) >= 11 is 0. The zero-order chi connectivity index (χ0) is 23.5. The predicted molar refractivity (Wildman–Crippen MR) is 129 cm³/mol. The Morgan fingerprint density at radius 2 is 1.69 bits per heavy atom. The standard InChI is InChI=1S/C26H35NO4S/c1-19(2)17-31-24-12-8-21(9-13-24)25(28)27(23-14-15-32(29,30)18-23)16-20-6-10-22(11-7-20)26(3,4)5/h6-13,19,23H,14-18H2,1-5H3. The molecule has 174 valence electrons. The molecule has 1 fully saturated rings. The third kappa shape index (κ3) is 6.35. The summed E-state index contributed by atoms with van der Waals surface area (Å²) < 4.78 is 30.0. The number of benzene rings is 2. The van der Waals surface area contributed by atoms with Gasteiger partial charge in [-0.3, -0.25) is 4.79 Å². The molecule has 0 aliphatic carbocycles. The fourth-order valence-electron chi connectivity index (χ4n) is 3.82. The molecule has 1 amide bonds. The highest BCUT2D eigenvalue weighted by Gasteiger charge is 2.35. The summed E-state index contributed by atoms with van der Waals surface area (Å²) in [5.74, 6) is 1.15. The van der Waals surface area contributed by atoms with E-state index in [0.717, 1.165) is 11.3 Å². The van der Waals surface area contributed by atoms with Gasteiger partial charge in [0.25, 0.3) is 5.91 Å². The quantitative estimate of drug-likeness (QED) is 0.596. The summed E-state index contributed by atoms with van der Waals surface area (Å²) in [6.07, 6.45) is 0.476. The Labute approximate surface area is 192 Å². The van der Waals surface area contributed by atoms with Crippen LogP contribution < -0.4 is 4.74 Å². The van der Waals surface area contributed by atoms with Crippen molar-refractivity contribution in [2.24, 2.45) is 5.92 Å². The molecule has 2 aromatic rings. The van der Waals surface area contributed by atoms with E-state index in [1.54, 1.807) is 29.2 Å². The molecule has 2 aromatic carbocycles. The van der Waals surface area contributed by atoms with E-state index >= 15 is 0 Å². The van der Waals surface area contributed by atoms with E-state index in [-0.39, 0.29) is 28.9 Å². The number of ether oxygens (including phenoxy) is 1. The molecule has 3 rings (SSSR count).